The number of methoxy groups -OCH3 is 1. The summed E-state index contributed by atoms with van der Waals surface area (Å²) >= 11 is 0. The molecule has 3 aromatic rings. The minimum Gasteiger partial charge on any atom is -0.496 e. The lowest BCUT2D eigenvalue weighted by molar-refractivity contribution is 0.207. The van der Waals surface area contributed by atoms with Gasteiger partial charge in [-0.25, -0.2) is 9.97 Å². The van der Waals surface area contributed by atoms with Crippen LogP contribution in [0.3, 0.4) is 0 Å². The van der Waals surface area contributed by atoms with Gasteiger partial charge in [0.15, 0.2) is 11.5 Å². The molecule has 1 fully saturated rings. The molecule has 0 amide bonds. The van der Waals surface area contributed by atoms with Crippen LogP contribution in [-0.2, 0) is 0 Å². The van der Waals surface area contributed by atoms with E-state index in [0.29, 0.717) is 17.4 Å². The van der Waals surface area contributed by atoms with Crippen molar-refractivity contribution in [2.75, 3.05) is 32.6 Å². The quantitative estimate of drug-likeness (QED) is 0.617. The molecule has 2 N–H and O–H groups in total. The van der Waals surface area contributed by atoms with Crippen LogP contribution in [0.4, 0.5) is 11.6 Å². The molecular formula is C20H22ClN7O2. The minimum atomic E-state index is 0. The Labute approximate surface area is 180 Å². The second-order valence-electron chi connectivity index (χ2n) is 6.84. The highest BCUT2D eigenvalue weighted by atomic mass is 35.5. The zero-order valence-electron chi connectivity index (χ0n) is 16.6. The molecule has 9 nitrogen and oxygen atoms in total. The molecule has 30 heavy (non-hydrogen) atoms. The highest BCUT2D eigenvalue weighted by molar-refractivity contribution is 5.85. The van der Waals surface area contributed by atoms with Gasteiger partial charge in [-0.15, -0.1) is 12.4 Å². The number of benzene rings is 1. The van der Waals surface area contributed by atoms with Crippen LogP contribution >= 0.6 is 12.4 Å². The number of hydrogen-bond acceptors (Lipinski definition) is 8. The van der Waals surface area contributed by atoms with Crippen molar-refractivity contribution in [2.24, 2.45) is 0 Å². The molecule has 1 aliphatic rings. The summed E-state index contributed by atoms with van der Waals surface area (Å²) in [6, 6.07) is 9.57. The maximum Gasteiger partial charge on any atom is 0.158 e. The average Bonchev–Trinajstić information content (AvgIpc) is 3.37. The number of ether oxygens (including phenoxy) is 2. The van der Waals surface area contributed by atoms with Crippen LogP contribution in [0.1, 0.15) is 12.1 Å². The molecule has 1 aromatic carbocycles. The van der Waals surface area contributed by atoms with Gasteiger partial charge in [0, 0.05) is 30.8 Å². The summed E-state index contributed by atoms with van der Waals surface area (Å²) in [6.45, 7) is 1.98. The average molecular weight is 428 g/mol. The van der Waals surface area contributed by atoms with E-state index in [1.165, 1.54) is 12.4 Å². The van der Waals surface area contributed by atoms with Crippen LogP contribution in [0.25, 0.3) is 11.3 Å². The maximum absolute atomic E-state index is 8.79. The predicted octanol–water partition coefficient (Wildman–Crippen LogP) is 3.00. The Morgan fingerprint density at radius 2 is 2.10 bits per heavy atom. The summed E-state index contributed by atoms with van der Waals surface area (Å²) in [5.74, 6) is 2.56. The molecule has 4 rings (SSSR count). The SMILES string of the molecule is COc1cc(O[C@H]2CCN(C)C2)ccc1-c1cc(Nc2cnc(C#N)cn2)n[nH]1.Cl. The number of aromatic amines is 1. The van der Waals surface area contributed by atoms with Gasteiger partial charge < -0.3 is 19.7 Å². The minimum absolute atomic E-state index is 0. The van der Waals surface area contributed by atoms with Crippen molar-refractivity contribution in [3.05, 3.63) is 42.4 Å². The second kappa shape index (κ2) is 9.43. The first-order valence-corrected chi connectivity index (χ1v) is 9.23. The lowest BCUT2D eigenvalue weighted by Crippen LogP contribution is -2.21. The molecule has 2 aromatic heterocycles. The molecule has 10 heteroatoms. The number of H-pyrrole nitrogens is 1. The Morgan fingerprint density at radius 3 is 2.77 bits per heavy atom. The van der Waals surface area contributed by atoms with Gasteiger partial charge in [-0.2, -0.15) is 10.4 Å². The molecule has 1 aliphatic heterocycles. The highest BCUT2D eigenvalue weighted by Gasteiger charge is 2.21. The van der Waals surface area contributed by atoms with Crippen molar-refractivity contribution in [3.8, 4) is 28.8 Å². The molecule has 0 radical (unpaired) electrons. The Kier molecular flexibility index (Phi) is 6.72. The number of aromatic nitrogens is 4. The van der Waals surface area contributed by atoms with E-state index in [0.717, 1.165) is 36.5 Å². The topological polar surface area (TPSA) is 112 Å². The van der Waals surface area contributed by atoms with E-state index in [-0.39, 0.29) is 24.2 Å². The summed E-state index contributed by atoms with van der Waals surface area (Å²) < 4.78 is 11.7. The van der Waals surface area contributed by atoms with E-state index >= 15 is 0 Å². The van der Waals surface area contributed by atoms with Gasteiger partial charge >= 0.3 is 0 Å². The van der Waals surface area contributed by atoms with E-state index in [1.807, 2.05) is 30.3 Å². The fourth-order valence-electron chi connectivity index (χ4n) is 3.26. The number of anilines is 2. The first-order chi connectivity index (χ1) is 14.1. The molecule has 156 valence electrons. The van der Waals surface area contributed by atoms with E-state index in [2.05, 4.69) is 37.4 Å². The van der Waals surface area contributed by atoms with Crippen LogP contribution in [0.2, 0.25) is 0 Å². The highest BCUT2D eigenvalue weighted by Crippen LogP contribution is 2.34. The van der Waals surface area contributed by atoms with Gasteiger partial charge in [-0.05, 0) is 25.6 Å². The summed E-state index contributed by atoms with van der Waals surface area (Å²) in [5.41, 5.74) is 1.92. The molecule has 0 unspecified atom stereocenters. The third kappa shape index (κ3) is 4.79. The summed E-state index contributed by atoms with van der Waals surface area (Å²) in [7, 11) is 3.73. The number of nitrogens with one attached hydrogen (secondary N) is 2. The molecule has 1 saturated heterocycles. The monoisotopic (exact) mass is 427 g/mol. The van der Waals surface area contributed by atoms with Crippen LogP contribution < -0.4 is 14.8 Å². The van der Waals surface area contributed by atoms with Crippen molar-refractivity contribution >= 4 is 24.0 Å². The lowest BCUT2D eigenvalue weighted by Gasteiger charge is -2.15. The van der Waals surface area contributed by atoms with Crippen LogP contribution in [-0.4, -0.2) is 58.4 Å². The maximum atomic E-state index is 8.79. The normalized spacial score (nSPS) is 15.8. The van der Waals surface area contributed by atoms with Crippen molar-refractivity contribution in [3.63, 3.8) is 0 Å². The Balaban J connectivity index is 0.00000256. The zero-order valence-corrected chi connectivity index (χ0v) is 17.4. The zero-order chi connectivity index (χ0) is 20.2. The lowest BCUT2D eigenvalue weighted by atomic mass is 10.1. The molecule has 0 spiro atoms. The number of likely N-dealkylation sites (N-methyl/N-ethyl adjacent to an activating group) is 1. The summed E-state index contributed by atoms with van der Waals surface area (Å²) in [6.07, 6.45) is 4.11. The van der Waals surface area contributed by atoms with Crippen LogP contribution in [0.15, 0.2) is 36.7 Å². The van der Waals surface area contributed by atoms with Gasteiger partial charge in [-0.1, -0.05) is 0 Å². The number of halogens is 1. The molecule has 0 aliphatic carbocycles. The van der Waals surface area contributed by atoms with Gasteiger partial charge in [0.05, 0.1) is 25.2 Å². The Hall–Kier alpha value is -3.35. The first kappa shape index (κ1) is 21.4. The number of nitriles is 1. The Bertz CT molecular complexity index is 1030. The summed E-state index contributed by atoms with van der Waals surface area (Å²) in [4.78, 5) is 10.4. The van der Waals surface area contributed by atoms with Crippen LogP contribution in [0.5, 0.6) is 11.5 Å². The third-order valence-electron chi connectivity index (χ3n) is 4.71. The number of nitrogens with zero attached hydrogens (tertiary/aromatic N) is 5. The van der Waals surface area contributed by atoms with Gasteiger partial charge in [-0.3, -0.25) is 5.10 Å². The van der Waals surface area contributed by atoms with E-state index in [4.69, 9.17) is 14.7 Å². The van der Waals surface area contributed by atoms with E-state index in [9.17, 15) is 0 Å². The standard InChI is InChI=1S/C20H21N7O2.ClH/c1-27-6-5-15(12-27)29-14-3-4-16(18(7-14)28-2)17-8-19(26-25-17)24-20-11-22-13(9-21)10-23-20;/h3-4,7-8,10-11,15H,5-6,12H2,1-2H3,(H2,23,24,25,26);1H/t15-;/m0./s1. The van der Waals surface area contributed by atoms with Gasteiger partial charge in [0.25, 0.3) is 0 Å². The fourth-order valence-corrected chi connectivity index (χ4v) is 3.26. The molecule has 0 bridgehead atoms. The van der Waals surface area contributed by atoms with Crippen molar-refractivity contribution in [2.45, 2.75) is 12.5 Å². The predicted molar refractivity (Wildman–Crippen MR) is 114 cm³/mol. The largest absolute Gasteiger partial charge is 0.496 e. The molecule has 3 heterocycles. The number of rotatable bonds is 6. The van der Waals surface area contributed by atoms with E-state index in [1.54, 1.807) is 7.11 Å². The van der Waals surface area contributed by atoms with Crippen LogP contribution in [0, 0.1) is 11.3 Å². The molecule has 1 atom stereocenters. The fraction of sp³-hybridized carbons (Fsp3) is 0.300. The smallest absolute Gasteiger partial charge is 0.158 e. The Morgan fingerprint density at radius 1 is 1.23 bits per heavy atom. The van der Waals surface area contributed by atoms with Gasteiger partial charge in [0.1, 0.15) is 29.5 Å². The molecule has 0 saturated carbocycles. The number of hydrogen-bond donors (Lipinski definition) is 2. The first-order valence-electron chi connectivity index (χ1n) is 9.23. The molecular weight excluding hydrogens is 406 g/mol. The third-order valence-corrected chi connectivity index (χ3v) is 4.71. The van der Waals surface area contributed by atoms with E-state index < -0.39 is 0 Å². The van der Waals surface area contributed by atoms with Crippen molar-refractivity contribution in [1.82, 2.24) is 25.1 Å². The van der Waals surface area contributed by atoms with Gasteiger partial charge in [0.2, 0.25) is 0 Å². The summed E-state index contributed by atoms with van der Waals surface area (Å²) in [5, 5.41) is 19.1. The van der Waals surface area contributed by atoms with Crippen molar-refractivity contribution < 1.29 is 9.47 Å². The second-order valence-corrected chi connectivity index (χ2v) is 6.84. The van der Waals surface area contributed by atoms with Crippen molar-refractivity contribution in [1.29, 1.82) is 5.26 Å². The number of likely N-dealkylation sites (tertiary alicyclic amines) is 1.